The highest BCUT2D eigenvalue weighted by molar-refractivity contribution is 5.79. The van der Waals surface area contributed by atoms with Crippen LogP contribution in [-0.2, 0) is 9.59 Å². The number of nitrogens with one attached hydrogen (secondary N) is 1. The van der Waals surface area contributed by atoms with E-state index < -0.39 is 5.97 Å². The molecule has 0 unspecified atom stereocenters. The quantitative estimate of drug-likeness (QED) is 0.761. The van der Waals surface area contributed by atoms with Crippen LogP contribution < -0.4 is 5.32 Å². The Kier molecular flexibility index (Phi) is 4.46. The summed E-state index contributed by atoms with van der Waals surface area (Å²) >= 11 is 0. The van der Waals surface area contributed by atoms with Gasteiger partial charge in [0.15, 0.2) is 0 Å². The molecular weight excluding hydrogens is 262 g/mol. The van der Waals surface area contributed by atoms with E-state index in [9.17, 15) is 14.4 Å². The van der Waals surface area contributed by atoms with Gasteiger partial charge in [-0.2, -0.15) is 0 Å². The van der Waals surface area contributed by atoms with Crippen LogP contribution in [0.5, 0.6) is 0 Å². The summed E-state index contributed by atoms with van der Waals surface area (Å²) in [6, 6.07) is -0.0259. The molecule has 0 saturated carbocycles. The van der Waals surface area contributed by atoms with Gasteiger partial charge in [-0.25, -0.2) is 4.79 Å². The first kappa shape index (κ1) is 14.6. The molecule has 2 heterocycles. The van der Waals surface area contributed by atoms with Crippen LogP contribution in [0, 0.1) is 11.8 Å². The number of nitrogens with zero attached hydrogens (tertiary/aromatic N) is 2. The number of carboxylic acid groups (broad SMARTS) is 1. The Labute approximate surface area is 117 Å². The highest BCUT2D eigenvalue weighted by Gasteiger charge is 2.36. The number of carbonyl (C=O) groups excluding carboxylic acids is 2. The van der Waals surface area contributed by atoms with Gasteiger partial charge < -0.3 is 20.2 Å². The van der Waals surface area contributed by atoms with Crippen LogP contribution in [0.3, 0.4) is 0 Å². The lowest BCUT2D eigenvalue weighted by molar-refractivity contribution is -0.139. The fourth-order valence-electron chi connectivity index (χ4n) is 2.84. The van der Waals surface area contributed by atoms with Crippen LogP contribution in [-0.4, -0.2) is 66.0 Å². The number of carbonyl (C=O) groups is 3. The molecule has 2 rings (SSSR count). The molecule has 0 aromatic rings. The van der Waals surface area contributed by atoms with Crippen molar-refractivity contribution >= 4 is 17.9 Å². The largest absolute Gasteiger partial charge is 0.481 e. The SMILES string of the molecule is CNC(=O)C1CCN(C(=O)N2CC(CC(=O)O)C2)CC1. The van der Waals surface area contributed by atoms with Crippen molar-refractivity contribution in [3.05, 3.63) is 0 Å². The zero-order chi connectivity index (χ0) is 14.7. The number of hydrogen-bond acceptors (Lipinski definition) is 3. The fourth-order valence-corrected chi connectivity index (χ4v) is 2.84. The van der Waals surface area contributed by atoms with E-state index in [0.29, 0.717) is 39.0 Å². The van der Waals surface area contributed by atoms with Gasteiger partial charge in [0.25, 0.3) is 0 Å². The smallest absolute Gasteiger partial charge is 0.320 e. The second-order valence-corrected chi connectivity index (χ2v) is 5.53. The first-order valence-corrected chi connectivity index (χ1v) is 6.98. The number of rotatable bonds is 3. The maximum atomic E-state index is 12.2. The number of carboxylic acids is 1. The second kappa shape index (κ2) is 6.11. The van der Waals surface area contributed by atoms with E-state index >= 15 is 0 Å². The van der Waals surface area contributed by atoms with Crippen LogP contribution in [0.2, 0.25) is 0 Å². The number of hydrogen-bond donors (Lipinski definition) is 2. The Morgan fingerprint density at radius 2 is 1.75 bits per heavy atom. The van der Waals surface area contributed by atoms with Crippen molar-refractivity contribution in [2.75, 3.05) is 33.2 Å². The fraction of sp³-hybridized carbons (Fsp3) is 0.769. The van der Waals surface area contributed by atoms with E-state index in [2.05, 4.69) is 5.32 Å². The van der Waals surface area contributed by atoms with Crippen molar-refractivity contribution in [2.45, 2.75) is 19.3 Å². The monoisotopic (exact) mass is 283 g/mol. The molecule has 0 atom stereocenters. The van der Waals surface area contributed by atoms with Crippen molar-refractivity contribution < 1.29 is 19.5 Å². The Hall–Kier alpha value is -1.79. The molecule has 7 heteroatoms. The molecule has 2 fully saturated rings. The summed E-state index contributed by atoms with van der Waals surface area (Å²) in [7, 11) is 1.63. The van der Waals surface area contributed by atoms with Crippen LogP contribution >= 0.6 is 0 Å². The molecule has 2 saturated heterocycles. The highest BCUT2D eigenvalue weighted by atomic mass is 16.4. The highest BCUT2D eigenvalue weighted by Crippen LogP contribution is 2.23. The lowest BCUT2D eigenvalue weighted by Gasteiger charge is -2.43. The molecule has 7 nitrogen and oxygen atoms in total. The van der Waals surface area contributed by atoms with Crippen LogP contribution in [0.4, 0.5) is 4.79 Å². The molecule has 0 spiro atoms. The van der Waals surface area contributed by atoms with Crippen molar-refractivity contribution in [3.8, 4) is 0 Å². The van der Waals surface area contributed by atoms with E-state index in [0.717, 1.165) is 0 Å². The van der Waals surface area contributed by atoms with Crippen molar-refractivity contribution in [2.24, 2.45) is 11.8 Å². The number of likely N-dealkylation sites (tertiary alicyclic amines) is 2. The van der Waals surface area contributed by atoms with Crippen molar-refractivity contribution in [1.29, 1.82) is 0 Å². The molecule has 0 bridgehead atoms. The first-order chi connectivity index (χ1) is 9.51. The second-order valence-electron chi connectivity index (χ2n) is 5.53. The van der Waals surface area contributed by atoms with Crippen LogP contribution in [0.1, 0.15) is 19.3 Å². The molecule has 0 radical (unpaired) electrons. The molecule has 112 valence electrons. The van der Waals surface area contributed by atoms with Gasteiger partial charge in [0.2, 0.25) is 5.91 Å². The molecule has 3 amide bonds. The maximum Gasteiger partial charge on any atom is 0.320 e. The summed E-state index contributed by atoms with van der Waals surface area (Å²) in [5.74, 6) is -0.684. The maximum absolute atomic E-state index is 12.2. The summed E-state index contributed by atoms with van der Waals surface area (Å²) in [6.07, 6.45) is 1.51. The van der Waals surface area contributed by atoms with Crippen molar-refractivity contribution in [3.63, 3.8) is 0 Å². The van der Waals surface area contributed by atoms with E-state index in [1.54, 1.807) is 16.8 Å². The van der Waals surface area contributed by atoms with Gasteiger partial charge in [-0.15, -0.1) is 0 Å². The minimum Gasteiger partial charge on any atom is -0.481 e. The average Bonchev–Trinajstić information content (AvgIpc) is 2.40. The number of urea groups is 1. The summed E-state index contributed by atoms with van der Waals surface area (Å²) < 4.78 is 0. The third-order valence-electron chi connectivity index (χ3n) is 4.07. The molecule has 20 heavy (non-hydrogen) atoms. The van der Waals surface area contributed by atoms with Crippen LogP contribution in [0.25, 0.3) is 0 Å². The molecular formula is C13H21N3O4. The molecule has 0 aliphatic carbocycles. The number of aliphatic carboxylic acids is 1. The van der Waals surface area contributed by atoms with Gasteiger partial charge in [-0.3, -0.25) is 9.59 Å². The topological polar surface area (TPSA) is 90.0 Å². The Bertz CT molecular complexity index is 398. The molecule has 2 aliphatic heterocycles. The van der Waals surface area contributed by atoms with E-state index in [-0.39, 0.29) is 30.2 Å². The minimum absolute atomic E-state index is 0.000185. The van der Waals surface area contributed by atoms with E-state index in [4.69, 9.17) is 5.11 Å². The summed E-state index contributed by atoms with van der Waals surface area (Å²) in [6.45, 7) is 2.25. The standard InChI is InChI=1S/C13H21N3O4/c1-14-12(19)10-2-4-15(5-3-10)13(20)16-7-9(8-16)6-11(17)18/h9-10H,2-8H2,1H3,(H,14,19)(H,17,18). The van der Waals surface area contributed by atoms with Gasteiger partial charge in [0.05, 0.1) is 6.42 Å². The molecule has 2 aliphatic rings. The third kappa shape index (κ3) is 3.20. The van der Waals surface area contributed by atoms with Gasteiger partial charge in [-0.05, 0) is 12.8 Å². The van der Waals surface area contributed by atoms with Gasteiger partial charge >= 0.3 is 12.0 Å². The summed E-state index contributed by atoms with van der Waals surface area (Å²) in [5.41, 5.74) is 0. The molecule has 0 aromatic heterocycles. The zero-order valence-electron chi connectivity index (χ0n) is 11.7. The minimum atomic E-state index is -0.812. The van der Waals surface area contributed by atoms with E-state index in [1.807, 2.05) is 0 Å². The average molecular weight is 283 g/mol. The summed E-state index contributed by atoms with van der Waals surface area (Å²) in [4.78, 5) is 37.7. The lowest BCUT2D eigenvalue weighted by atomic mass is 9.95. The van der Waals surface area contributed by atoms with Gasteiger partial charge in [0.1, 0.15) is 0 Å². The van der Waals surface area contributed by atoms with Crippen LogP contribution in [0.15, 0.2) is 0 Å². The van der Waals surface area contributed by atoms with Gasteiger partial charge in [0, 0.05) is 45.1 Å². The Balaban J connectivity index is 1.73. The predicted octanol–water partition coefficient (Wildman–Crippen LogP) is -0.0291. The normalized spacial score (nSPS) is 20.4. The molecule has 2 N–H and O–H groups in total. The number of piperidine rings is 1. The Morgan fingerprint density at radius 1 is 1.15 bits per heavy atom. The zero-order valence-corrected chi connectivity index (χ0v) is 11.7. The summed E-state index contributed by atoms with van der Waals surface area (Å²) in [5, 5.41) is 11.3. The lowest BCUT2D eigenvalue weighted by Crippen LogP contribution is -2.56. The number of amides is 3. The van der Waals surface area contributed by atoms with Gasteiger partial charge in [-0.1, -0.05) is 0 Å². The van der Waals surface area contributed by atoms with E-state index in [1.165, 1.54) is 0 Å². The van der Waals surface area contributed by atoms with Crippen molar-refractivity contribution in [1.82, 2.24) is 15.1 Å². The third-order valence-corrected chi connectivity index (χ3v) is 4.07. The predicted molar refractivity (Wildman–Crippen MR) is 71.1 cm³/mol. The first-order valence-electron chi connectivity index (χ1n) is 6.98. The molecule has 0 aromatic carbocycles. The Morgan fingerprint density at radius 3 is 2.25 bits per heavy atom.